The van der Waals surface area contributed by atoms with Crippen molar-refractivity contribution in [3.8, 4) is 23.6 Å². The van der Waals surface area contributed by atoms with Crippen LogP contribution in [0.1, 0.15) is 22.8 Å². The Morgan fingerprint density at radius 1 is 1.19 bits per heavy atom. The van der Waals surface area contributed by atoms with Crippen LogP contribution in [0.5, 0.6) is 0 Å². The van der Waals surface area contributed by atoms with Gasteiger partial charge in [-0.1, -0.05) is 35.7 Å². The molecule has 1 fully saturated rings. The highest BCUT2D eigenvalue weighted by atomic mass is 35.5. The fourth-order valence-corrected chi connectivity index (χ4v) is 4.11. The Bertz CT molecular complexity index is 1230. The maximum absolute atomic E-state index is 13.1. The number of terminal acetylenes is 1. The number of nitrogens with zero attached hydrogens (tertiary/aromatic N) is 3. The molecule has 4 rings (SSSR count). The van der Waals surface area contributed by atoms with Crippen LogP contribution in [0.4, 0.5) is 4.79 Å². The van der Waals surface area contributed by atoms with Crippen molar-refractivity contribution >= 4 is 34.5 Å². The van der Waals surface area contributed by atoms with Crippen LogP contribution >= 0.6 is 11.6 Å². The molecule has 2 aromatic carbocycles. The Balaban J connectivity index is 1.66. The van der Waals surface area contributed by atoms with E-state index in [1.165, 1.54) is 4.90 Å². The van der Waals surface area contributed by atoms with Crippen molar-refractivity contribution in [1.29, 1.82) is 0 Å². The van der Waals surface area contributed by atoms with E-state index < -0.39 is 6.09 Å². The molecule has 1 atom stereocenters. The lowest BCUT2D eigenvalue weighted by molar-refractivity contribution is 0.0507. The number of piperazine rings is 1. The molecule has 2 amide bonds. The molecule has 1 aliphatic rings. The van der Waals surface area contributed by atoms with Crippen molar-refractivity contribution in [3.63, 3.8) is 0 Å². The summed E-state index contributed by atoms with van der Waals surface area (Å²) in [5.41, 5.74) is 3.35. The van der Waals surface area contributed by atoms with Crippen LogP contribution in [0.2, 0.25) is 5.02 Å². The van der Waals surface area contributed by atoms with Gasteiger partial charge in [-0.15, -0.1) is 6.42 Å². The Hall–Kier alpha value is -3.56. The van der Waals surface area contributed by atoms with Crippen molar-refractivity contribution in [3.05, 3.63) is 64.7 Å². The summed E-state index contributed by atoms with van der Waals surface area (Å²) in [4.78, 5) is 32.1. The quantitative estimate of drug-likeness (QED) is 0.609. The van der Waals surface area contributed by atoms with Crippen LogP contribution in [0, 0.1) is 12.3 Å². The SMILES string of the molecule is C#Cc1cccc(-c2cc(Cl)c3ccc(C(=O)N4CCN(C(=O)O)[C@H](C)C4)cc3n2)c1. The molecule has 1 N–H and O–H groups in total. The first-order valence-electron chi connectivity index (χ1n) is 9.83. The summed E-state index contributed by atoms with van der Waals surface area (Å²) in [5.74, 6) is 2.46. The third-order valence-corrected chi connectivity index (χ3v) is 5.80. The van der Waals surface area contributed by atoms with Crippen molar-refractivity contribution in [1.82, 2.24) is 14.8 Å². The summed E-state index contributed by atoms with van der Waals surface area (Å²) in [5, 5.41) is 10.5. The van der Waals surface area contributed by atoms with Crippen molar-refractivity contribution in [2.75, 3.05) is 19.6 Å². The van der Waals surface area contributed by atoms with Gasteiger partial charge in [0, 0.05) is 47.8 Å². The molecule has 1 saturated heterocycles. The highest BCUT2D eigenvalue weighted by molar-refractivity contribution is 6.35. The van der Waals surface area contributed by atoms with Gasteiger partial charge in [-0.2, -0.15) is 0 Å². The molecule has 7 heteroatoms. The van der Waals surface area contributed by atoms with Gasteiger partial charge in [-0.3, -0.25) is 4.79 Å². The first kappa shape index (κ1) is 20.7. The van der Waals surface area contributed by atoms with E-state index in [0.29, 0.717) is 34.9 Å². The number of hydrogen-bond donors (Lipinski definition) is 1. The zero-order chi connectivity index (χ0) is 22.1. The fraction of sp³-hybridized carbons (Fsp3) is 0.208. The maximum atomic E-state index is 13.1. The summed E-state index contributed by atoms with van der Waals surface area (Å²) in [6.45, 7) is 2.78. The number of hydrogen-bond acceptors (Lipinski definition) is 3. The summed E-state index contributed by atoms with van der Waals surface area (Å²) >= 11 is 6.49. The van der Waals surface area contributed by atoms with Gasteiger partial charge < -0.3 is 14.9 Å². The van der Waals surface area contributed by atoms with E-state index in [2.05, 4.69) is 5.92 Å². The molecule has 0 unspecified atom stereocenters. The van der Waals surface area contributed by atoms with E-state index in [-0.39, 0.29) is 18.5 Å². The lowest BCUT2D eigenvalue weighted by Crippen LogP contribution is -2.55. The third kappa shape index (κ3) is 4.05. The number of fused-ring (bicyclic) bond motifs is 1. The number of carbonyl (C=O) groups is 2. The molecule has 3 aromatic rings. The Kier molecular flexibility index (Phi) is 5.53. The smallest absolute Gasteiger partial charge is 0.407 e. The van der Waals surface area contributed by atoms with Gasteiger partial charge in [0.2, 0.25) is 0 Å². The van der Waals surface area contributed by atoms with Crippen LogP contribution in [0.3, 0.4) is 0 Å². The fourth-order valence-electron chi connectivity index (χ4n) is 3.84. The molecular formula is C24H20ClN3O3. The normalized spacial score (nSPS) is 16.2. The minimum absolute atomic E-state index is 0.156. The van der Waals surface area contributed by atoms with E-state index in [1.807, 2.05) is 24.3 Å². The highest BCUT2D eigenvalue weighted by Gasteiger charge is 2.30. The van der Waals surface area contributed by atoms with E-state index in [4.69, 9.17) is 23.0 Å². The Morgan fingerprint density at radius 2 is 2.00 bits per heavy atom. The monoisotopic (exact) mass is 433 g/mol. The van der Waals surface area contributed by atoms with Crippen LogP contribution in [0.25, 0.3) is 22.2 Å². The number of carbonyl (C=O) groups excluding carboxylic acids is 1. The summed E-state index contributed by atoms with van der Waals surface area (Å²) in [6.07, 6.45) is 4.53. The number of carboxylic acid groups (broad SMARTS) is 1. The second-order valence-corrected chi connectivity index (χ2v) is 7.93. The molecule has 31 heavy (non-hydrogen) atoms. The molecule has 0 saturated carbocycles. The number of rotatable bonds is 2. The Morgan fingerprint density at radius 3 is 2.71 bits per heavy atom. The van der Waals surface area contributed by atoms with Crippen LogP contribution in [-0.2, 0) is 0 Å². The van der Waals surface area contributed by atoms with Gasteiger partial charge in [0.05, 0.1) is 16.2 Å². The molecular weight excluding hydrogens is 414 g/mol. The van der Waals surface area contributed by atoms with Gasteiger partial charge in [0.15, 0.2) is 0 Å². The van der Waals surface area contributed by atoms with Gasteiger partial charge in [0.25, 0.3) is 5.91 Å². The minimum atomic E-state index is -0.967. The Labute approximate surface area is 185 Å². The predicted molar refractivity (Wildman–Crippen MR) is 120 cm³/mol. The van der Waals surface area contributed by atoms with Crippen LogP contribution in [0.15, 0.2) is 48.5 Å². The summed E-state index contributed by atoms with van der Waals surface area (Å²) in [6, 6.07) is 14.2. The average Bonchev–Trinajstić information content (AvgIpc) is 2.77. The number of halogens is 1. The standard InChI is InChI=1S/C24H20ClN3O3/c1-3-16-5-4-6-17(11-16)21-13-20(25)19-8-7-18(12-22(19)26-21)23(29)27-9-10-28(24(30)31)15(2)14-27/h1,4-8,11-13,15H,9-10,14H2,2H3,(H,30,31)/t15-/m1/s1. The van der Waals surface area contributed by atoms with Gasteiger partial charge in [0.1, 0.15) is 0 Å². The zero-order valence-electron chi connectivity index (χ0n) is 16.9. The highest BCUT2D eigenvalue weighted by Crippen LogP contribution is 2.29. The van der Waals surface area contributed by atoms with Crippen molar-refractivity contribution in [2.24, 2.45) is 0 Å². The van der Waals surface area contributed by atoms with Gasteiger partial charge in [-0.05, 0) is 37.3 Å². The average molecular weight is 434 g/mol. The number of amides is 2. The van der Waals surface area contributed by atoms with E-state index >= 15 is 0 Å². The second kappa shape index (κ2) is 8.29. The largest absolute Gasteiger partial charge is 0.465 e. The molecule has 0 spiro atoms. The number of aromatic nitrogens is 1. The first-order valence-corrected chi connectivity index (χ1v) is 10.2. The van der Waals surface area contributed by atoms with E-state index in [0.717, 1.165) is 16.5 Å². The van der Waals surface area contributed by atoms with Crippen LogP contribution in [-0.4, -0.2) is 57.6 Å². The van der Waals surface area contributed by atoms with Gasteiger partial charge in [-0.25, -0.2) is 9.78 Å². The van der Waals surface area contributed by atoms with Crippen LogP contribution < -0.4 is 0 Å². The molecule has 156 valence electrons. The number of pyridine rings is 1. The lowest BCUT2D eigenvalue weighted by atomic mass is 10.0. The molecule has 1 aromatic heterocycles. The van der Waals surface area contributed by atoms with Gasteiger partial charge >= 0.3 is 6.09 Å². The molecule has 0 radical (unpaired) electrons. The molecule has 1 aliphatic heterocycles. The van der Waals surface area contributed by atoms with E-state index in [1.54, 1.807) is 36.1 Å². The molecule has 2 heterocycles. The zero-order valence-corrected chi connectivity index (χ0v) is 17.6. The minimum Gasteiger partial charge on any atom is -0.465 e. The number of benzene rings is 2. The first-order chi connectivity index (χ1) is 14.9. The molecule has 0 bridgehead atoms. The molecule has 0 aliphatic carbocycles. The van der Waals surface area contributed by atoms with E-state index in [9.17, 15) is 14.7 Å². The maximum Gasteiger partial charge on any atom is 0.407 e. The summed E-state index contributed by atoms with van der Waals surface area (Å²) in [7, 11) is 0. The second-order valence-electron chi connectivity index (χ2n) is 7.52. The van der Waals surface area contributed by atoms with Crippen molar-refractivity contribution in [2.45, 2.75) is 13.0 Å². The third-order valence-electron chi connectivity index (χ3n) is 5.49. The molecule has 6 nitrogen and oxygen atoms in total. The summed E-state index contributed by atoms with van der Waals surface area (Å²) < 4.78 is 0. The topological polar surface area (TPSA) is 73.7 Å². The van der Waals surface area contributed by atoms with Crippen molar-refractivity contribution < 1.29 is 14.7 Å². The lowest BCUT2D eigenvalue weighted by Gasteiger charge is -2.38. The predicted octanol–water partition coefficient (Wildman–Crippen LogP) is 4.36.